The maximum atomic E-state index is 11.6. The van der Waals surface area contributed by atoms with Crippen molar-refractivity contribution in [3.05, 3.63) is 0 Å². The van der Waals surface area contributed by atoms with E-state index in [4.69, 9.17) is 4.74 Å². The molecule has 4 nitrogen and oxygen atoms in total. The van der Waals surface area contributed by atoms with E-state index in [1.807, 2.05) is 25.9 Å². The lowest BCUT2D eigenvalue weighted by Crippen LogP contribution is -2.31. The Morgan fingerprint density at radius 3 is 2.56 bits per heavy atom. The summed E-state index contributed by atoms with van der Waals surface area (Å²) < 4.78 is 5.22. The molecule has 1 aliphatic heterocycles. The summed E-state index contributed by atoms with van der Waals surface area (Å²) in [6, 6.07) is 0. The summed E-state index contributed by atoms with van der Waals surface area (Å²) in [6.07, 6.45) is 2.53. The van der Waals surface area contributed by atoms with Crippen LogP contribution in [0.4, 0.5) is 0 Å². The summed E-state index contributed by atoms with van der Waals surface area (Å²) in [5.74, 6) is -0.0611. The fourth-order valence-electron chi connectivity index (χ4n) is 1.90. The van der Waals surface area contributed by atoms with E-state index in [1.165, 1.54) is 12.8 Å². The van der Waals surface area contributed by atoms with Gasteiger partial charge in [-0.2, -0.15) is 0 Å². The summed E-state index contributed by atoms with van der Waals surface area (Å²) in [5, 5.41) is 0. The second kappa shape index (κ2) is 6.86. The van der Waals surface area contributed by atoms with Gasteiger partial charge in [0.25, 0.3) is 0 Å². The van der Waals surface area contributed by atoms with E-state index < -0.39 is 0 Å². The third kappa shape index (κ3) is 4.94. The predicted octanol–water partition coefficient (Wildman–Crippen LogP) is 0.823. The molecule has 1 saturated heterocycles. The summed E-state index contributed by atoms with van der Waals surface area (Å²) in [6.45, 7) is 6.36. The molecule has 1 aliphatic rings. The Kier molecular flexibility index (Phi) is 5.77. The van der Waals surface area contributed by atoms with Gasteiger partial charge in [0.05, 0.1) is 5.92 Å². The molecule has 1 rings (SSSR count). The number of carbonyl (C=O) groups excluding carboxylic acids is 1. The van der Waals surface area contributed by atoms with Crippen LogP contribution >= 0.6 is 0 Å². The molecule has 0 aromatic heterocycles. The Bertz CT molecular complexity index is 213. The van der Waals surface area contributed by atoms with E-state index >= 15 is 0 Å². The van der Waals surface area contributed by atoms with Gasteiger partial charge in [-0.3, -0.25) is 4.79 Å². The highest BCUT2D eigenvalue weighted by molar-refractivity contribution is 5.72. The van der Waals surface area contributed by atoms with Crippen LogP contribution in [0, 0.1) is 5.92 Å². The van der Waals surface area contributed by atoms with Crippen molar-refractivity contribution >= 4 is 5.97 Å². The fourth-order valence-corrected chi connectivity index (χ4v) is 1.90. The number of nitrogens with zero attached hydrogens (tertiary/aromatic N) is 2. The molecule has 94 valence electrons. The first-order valence-corrected chi connectivity index (χ1v) is 6.13. The Labute approximate surface area is 98.5 Å². The van der Waals surface area contributed by atoms with Gasteiger partial charge in [-0.05, 0) is 40.0 Å². The molecule has 1 heterocycles. The van der Waals surface area contributed by atoms with E-state index in [9.17, 15) is 4.79 Å². The van der Waals surface area contributed by atoms with Crippen molar-refractivity contribution < 1.29 is 9.53 Å². The molecular weight excluding hydrogens is 204 g/mol. The Morgan fingerprint density at radius 1 is 1.38 bits per heavy atom. The molecule has 1 unspecified atom stereocenters. The van der Waals surface area contributed by atoms with Crippen LogP contribution in [0.25, 0.3) is 0 Å². The summed E-state index contributed by atoms with van der Waals surface area (Å²) >= 11 is 0. The maximum Gasteiger partial charge on any atom is 0.309 e. The van der Waals surface area contributed by atoms with Gasteiger partial charge in [-0.1, -0.05) is 6.92 Å². The van der Waals surface area contributed by atoms with Gasteiger partial charge in [0.2, 0.25) is 0 Å². The maximum absolute atomic E-state index is 11.6. The van der Waals surface area contributed by atoms with Crippen molar-refractivity contribution in [3.63, 3.8) is 0 Å². The number of esters is 1. The van der Waals surface area contributed by atoms with Crippen molar-refractivity contribution in [3.8, 4) is 0 Å². The summed E-state index contributed by atoms with van der Waals surface area (Å²) in [7, 11) is 3.95. The molecule has 0 saturated carbocycles. The van der Waals surface area contributed by atoms with E-state index in [0.29, 0.717) is 6.61 Å². The number of hydrogen-bond acceptors (Lipinski definition) is 4. The highest BCUT2D eigenvalue weighted by Gasteiger charge is 2.20. The zero-order valence-corrected chi connectivity index (χ0v) is 10.7. The molecule has 0 amide bonds. The van der Waals surface area contributed by atoms with Crippen LogP contribution in [-0.4, -0.2) is 62.7 Å². The van der Waals surface area contributed by atoms with Crippen LogP contribution in [0.1, 0.15) is 19.8 Å². The largest absolute Gasteiger partial charge is 0.464 e. The molecule has 0 aromatic carbocycles. The minimum absolute atomic E-state index is 0.000243. The second-order valence-electron chi connectivity index (χ2n) is 4.88. The van der Waals surface area contributed by atoms with Crippen LogP contribution in [0.5, 0.6) is 0 Å². The van der Waals surface area contributed by atoms with Crippen LogP contribution in [-0.2, 0) is 9.53 Å². The minimum atomic E-state index is -0.0613. The number of likely N-dealkylation sites (tertiary alicyclic amines) is 1. The molecule has 0 spiro atoms. The van der Waals surface area contributed by atoms with Crippen LogP contribution in [0.2, 0.25) is 0 Å². The van der Waals surface area contributed by atoms with Gasteiger partial charge in [-0.25, -0.2) is 0 Å². The average Bonchev–Trinajstić information content (AvgIpc) is 2.69. The number of rotatable bonds is 6. The Balaban J connectivity index is 2.14. The molecule has 0 N–H and O–H groups in total. The predicted molar refractivity (Wildman–Crippen MR) is 64.4 cm³/mol. The summed E-state index contributed by atoms with van der Waals surface area (Å²) in [4.78, 5) is 16.0. The fraction of sp³-hybridized carbons (Fsp3) is 0.917. The van der Waals surface area contributed by atoms with Gasteiger partial charge in [0, 0.05) is 13.1 Å². The second-order valence-corrected chi connectivity index (χ2v) is 4.88. The van der Waals surface area contributed by atoms with E-state index in [-0.39, 0.29) is 11.9 Å². The van der Waals surface area contributed by atoms with Crippen molar-refractivity contribution in [2.45, 2.75) is 19.8 Å². The van der Waals surface area contributed by atoms with E-state index in [0.717, 1.165) is 26.2 Å². The minimum Gasteiger partial charge on any atom is -0.464 e. The number of carbonyl (C=O) groups is 1. The SMILES string of the molecule is CC(CN1CCCC1)C(=O)OCCN(C)C. The lowest BCUT2D eigenvalue weighted by molar-refractivity contribution is -0.148. The van der Waals surface area contributed by atoms with Crippen molar-refractivity contribution in [1.29, 1.82) is 0 Å². The topological polar surface area (TPSA) is 32.8 Å². The molecule has 1 fully saturated rings. The lowest BCUT2D eigenvalue weighted by Gasteiger charge is -2.19. The molecule has 0 radical (unpaired) electrons. The number of likely N-dealkylation sites (N-methyl/N-ethyl adjacent to an activating group) is 1. The van der Waals surface area contributed by atoms with Gasteiger partial charge in [-0.15, -0.1) is 0 Å². The van der Waals surface area contributed by atoms with Crippen LogP contribution < -0.4 is 0 Å². The third-order valence-electron chi connectivity index (χ3n) is 2.92. The monoisotopic (exact) mass is 228 g/mol. The summed E-state index contributed by atoms with van der Waals surface area (Å²) in [5.41, 5.74) is 0. The molecule has 4 heteroatoms. The average molecular weight is 228 g/mol. The van der Waals surface area contributed by atoms with Crippen LogP contribution in [0.3, 0.4) is 0 Å². The number of hydrogen-bond donors (Lipinski definition) is 0. The first kappa shape index (κ1) is 13.5. The van der Waals surface area contributed by atoms with Gasteiger partial charge in [0.15, 0.2) is 0 Å². The quantitative estimate of drug-likeness (QED) is 0.630. The van der Waals surface area contributed by atoms with Gasteiger partial charge < -0.3 is 14.5 Å². The molecular formula is C12H24N2O2. The zero-order valence-electron chi connectivity index (χ0n) is 10.7. The van der Waals surface area contributed by atoms with E-state index in [1.54, 1.807) is 0 Å². The highest BCUT2D eigenvalue weighted by Crippen LogP contribution is 2.11. The normalized spacial score (nSPS) is 19.0. The molecule has 1 atom stereocenters. The molecule has 16 heavy (non-hydrogen) atoms. The van der Waals surface area contributed by atoms with Gasteiger partial charge in [0.1, 0.15) is 6.61 Å². The number of ether oxygens (including phenoxy) is 1. The highest BCUT2D eigenvalue weighted by atomic mass is 16.5. The van der Waals surface area contributed by atoms with Crippen molar-refractivity contribution in [1.82, 2.24) is 9.80 Å². The van der Waals surface area contributed by atoms with Crippen LogP contribution in [0.15, 0.2) is 0 Å². The third-order valence-corrected chi connectivity index (χ3v) is 2.92. The standard InChI is InChI=1S/C12H24N2O2/c1-11(10-14-6-4-5-7-14)12(15)16-9-8-13(2)3/h11H,4-10H2,1-3H3. The molecule has 0 aromatic rings. The first-order chi connectivity index (χ1) is 7.59. The van der Waals surface area contributed by atoms with E-state index in [2.05, 4.69) is 4.90 Å². The van der Waals surface area contributed by atoms with Crippen molar-refractivity contribution in [2.75, 3.05) is 46.9 Å². The lowest BCUT2D eigenvalue weighted by atomic mass is 10.2. The Hall–Kier alpha value is -0.610. The smallest absolute Gasteiger partial charge is 0.309 e. The first-order valence-electron chi connectivity index (χ1n) is 6.13. The van der Waals surface area contributed by atoms with Crippen molar-refractivity contribution in [2.24, 2.45) is 5.92 Å². The van der Waals surface area contributed by atoms with Gasteiger partial charge >= 0.3 is 5.97 Å². The molecule has 0 aliphatic carbocycles. The molecule has 0 bridgehead atoms. The zero-order chi connectivity index (χ0) is 12.0. The Morgan fingerprint density at radius 2 is 2.00 bits per heavy atom.